The number of hydrogen-bond acceptors (Lipinski definition) is 3. The number of carbonyl (C=O) groups is 1. The van der Waals surface area contributed by atoms with E-state index in [1.165, 1.54) is 18.2 Å². The zero-order valence-electron chi connectivity index (χ0n) is 12.5. The fraction of sp³-hybridized carbons (Fsp3) is 0.438. The van der Waals surface area contributed by atoms with Crippen molar-refractivity contribution in [2.75, 3.05) is 17.7 Å². The Labute approximate surface area is 129 Å². The van der Waals surface area contributed by atoms with Crippen LogP contribution in [0.2, 0.25) is 0 Å². The van der Waals surface area contributed by atoms with Crippen LogP contribution in [-0.2, 0) is 4.79 Å². The lowest BCUT2D eigenvalue weighted by atomic mass is 10.2. The van der Waals surface area contributed by atoms with E-state index in [0.717, 1.165) is 0 Å². The van der Waals surface area contributed by atoms with Crippen LogP contribution in [0.5, 0.6) is 0 Å². The molecule has 0 unspecified atom stereocenters. The number of anilines is 1. The number of thioether (sulfide) groups is 1. The molecule has 1 rings (SSSR count). The van der Waals surface area contributed by atoms with Gasteiger partial charge < -0.3 is 10.4 Å². The van der Waals surface area contributed by atoms with E-state index in [2.05, 4.69) is 17.2 Å². The Hall–Kier alpha value is -1.51. The molecule has 0 atom stereocenters. The number of rotatable bonds is 4. The highest BCUT2D eigenvalue weighted by Crippen LogP contribution is 2.23. The van der Waals surface area contributed by atoms with E-state index >= 15 is 0 Å². The Morgan fingerprint density at radius 1 is 1.43 bits per heavy atom. The van der Waals surface area contributed by atoms with Gasteiger partial charge in [0.05, 0.1) is 17.9 Å². The van der Waals surface area contributed by atoms with Crippen LogP contribution in [0.25, 0.3) is 0 Å². The first-order chi connectivity index (χ1) is 9.81. The lowest BCUT2D eigenvalue weighted by Crippen LogP contribution is -2.19. The molecule has 0 spiro atoms. The number of aliphatic hydroxyl groups excluding tert-OH is 1. The van der Waals surface area contributed by atoms with E-state index < -0.39 is 5.82 Å². The highest BCUT2D eigenvalue weighted by atomic mass is 32.2. The van der Waals surface area contributed by atoms with Crippen molar-refractivity contribution >= 4 is 23.4 Å². The summed E-state index contributed by atoms with van der Waals surface area (Å²) >= 11 is 1.54. The summed E-state index contributed by atoms with van der Waals surface area (Å²) in [6.07, 6.45) is 0.290. The summed E-state index contributed by atoms with van der Waals surface area (Å²) in [7, 11) is 0. The van der Waals surface area contributed by atoms with Gasteiger partial charge in [-0.3, -0.25) is 4.79 Å². The molecule has 1 amide bonds. The largest absolute Gasteiger partial charge is 0.395 e. The molecule has 0 bridgehead atoms. The molecule has 2 N–H and O–H groups in total. The van der Waals surface area contributed by atoms with E-state index in [4.69, 9.17) is 5.11 Å². The van der Waals surface area contributed by atoms with E-state index in [9.17, 15) is 9.18 Å². The molecule has 0 aliphatic rings. The monoisotopic (exact) mass is 309 g/mol. The molecular weight excluding hydrogens is 289 g/mol. The Kier molecular flexibility index (Phi) is 6.73. The van der Waals surface area contributed by atoms with E-state index in [1.807, 2.05) is 20.8 Å². The second-order valence-electron chi connectivity index (χ2n) is 5.42. The molecule has 1 aromatic carbocycles. The van der Waals surface area contributed by atoms with Gasteiger partial charge in [-0.25, -0.2) is 4.39 Å². The quantitative estimate of drug-likeness (QED) is 0.841. The van der Waals surface area contributed by atoms with Crippen LogP contribution in [0.4, 0.5) is 10.1 Å². The Bertz CT molecular complexity index is 556. The minimum Gasteiger partial charge on any atom is -0.395 e. The molecule has 3 nitrogen and oxygen atoms in total. The third-order valence-corrected chi connectivity index (χ3v) is 3.62. The average molecular weight is 309 g/mol. The van der Waals surface area contributed by atoms with Crippen molar-refractivity contribution in [3.05, 3.63) is 29.6 Å². The maximum absolute atomic E-state index is 13.6. The van der Waals surface area contributed by atoms with Crippen molar-refractivity contribution in [1.29, 1.82) is 0 Å². The molecule has 21 heavy (non-hydrogen) atoms. The summed E-state index contributed by atoms with van der Waals surface area (Å²) in [5.74, 6) is 5.07. The average Bonchev–Trinajstić information content (AvgIpc) is 2.39. The molecule has 0 aliphatic carbocycles. The second-order valence-corrected chi connectivity index (χ2v) is 7.22. The van der Waals surface area contributed by atoms with Gasteiger partial charge in [0, 0.05) is 16.9 Å². The van der Waals surface area contributed by atoms with Crippen LogP contribution in [0, 0.1) is 17.7 Å². The van der Waals surface area contributed by atoms with E-state index in [1.54, 1.807) is 11.8 Å². The van der Waals surface area contributed by atoms with Crippen LogP contribution in [0.3, 0.4) is 0 Å². The fourth-order valence-corrected chi connectivity index (χ4v) is 2.03. The zero-order valence-corrected chi connectivity index (χ0v) is 13.3. The van der Waals surface area contributed by atoms with Crippen molar-refractivity contribution < 1.29 is 14.3 Å². The minimum atomic E-state index is -0.442. The standard InChI is InChI=1S/C16H20FNO2S/c1-16(2,3)21-11-15(20)18-13-7-8-14(17)12(10-13)6-4-5-9-19/h7-8,10,19H,5,9,11H2,1-3H3,(H,18,20). The number of hydrogen-bond donors (Lipinski definition) is 2. The molecule has 0 saturated heterocycles. The first-order valence-electron chi connectivity index (χ1n) is 6.65. The van der Waals surface area contributed by atoms with Gasteiger partial charge in [-0.15, -0.1) is 11.8 Å². The van der Waals surface area contributed by atoms with Crippen molar-refractivity contribution in [3.8, 4) is 11.8 Å². The fourth-order valence-electron chi connectivity index (χ4n) is 1.39. The molecule has 0 saturated carbocycles. The van der Waals surface area contributed by atoms with Crippen molar-refractivity contribution in [2.24, 2.45) is 0 Å². The molecule has 114 valence electrons. The predicted molar refractivity (Wildman–Crippen MR) is 85.8 cm³/mol. The number of aliphatic hydroxyl groups is 1. The smallest absolute Gasteiger partial charge is 0.234 e. The third-order valence-electron chi connectivity index (χ3n) is 2.35. The Morgan fingerprint density at radius 3 is 2.76 bits per heavy atom. The highest BCUT2D eigenvalue weighted by Gasteiger charge is 2.13. The summed E-state index contributed by atoms with van der Waals surface area (Å²) in [4.78, 5) is 11.8. The zero-order chi connectivity index (χ0) is 15.9. The first kappa shape index (κ1) is 17.5. The number of halogens is 1. The van der Waals surface area contributed by atoms with Gasteiger partial charge in [-0.2, -0.15) is 0 Å². The summed E-state index contributed by atoms with van der Waals surface area (Å²) in [5, 5.41) is 11.4. The maximum atomic E-state index is 13.6. The van der Waals surface area contributed by atoms with Crippen molar-refractivity contribution in [3.63, 3.8) is 0 Å². The van der Waals surface area contributed by atoms with Crippen molar-refractivity contribution in [2.45, 2.75) is 31.9 Å². The van der Waals surface area contributed by atoms with Crippen LogP contribution in [0.1, 0.15) is 32.8 Å². The summed E-state index contributed by atoms with van der Waals surface area (Å²) in [5.41, 5.74) is 0.730. The predicted octanol–water partition coefficient (Wildman–Crippen LogP) is 3.03. The molecule has 0 aliphatic heterocycles. The summed E-state index contributed by atoms with van der Waals surface area (Å²) in [6, 6.07) is 4.28. The third kappa shape index (κ3) is 7.16. The summed E-state index contributed by atoms with van der Waals surface area (Å²) < 4.78 is 13.6. The number of carbonyl (C=O) groups excluding carboxylic acids is 1. The van der Waals surface area contributed by atoms with Gasteiger partial charge in [-0.1, -0.05) is 32.6 Å². The Morgan fingerprint density at radius 2 is 2.14 bits per heavy atom. The maximum Gasteiger partial charge on any atom is 0.234 e. The molecule has 0 fully saturated rings. The highest BCUT2D eigenvalue weighted by molar-refractivity contribution is 8.01. The number of benzene rings is 1. The topological polar surface area (TPSA) is 49.3 Å². The summed E-state index contributed by atoms with van der Waals surface area (Å²) in [6.45, 7) is 6.06. The normalized spacial score (nSPS) is 10.7. The van der Waals surface area contributed by atoms with E-state index in [0.29, 0.717) is 11.4 Å². The van der Waals surface area contributed by atoms with E-state index in [-0.39, 0.29) is 29.2 Å². The molecule has 0 heterocycles. The van der Waals surface area contributed by atoms with Crippen LogP contribution in [0.15, 0.2) is 18.2 Å². The lowest BCUT2D eigenvalue weighted by Gasteiger charge is -2.17. The number of amides is 1. The molecular formula is C16H20FNO2S. The van der Waals surface area contributed by atoms with Crippen molar-refractivity contribution in [1.82, 2.24) is 0 Å². The molecule has 0 aromatic heterocycles. The van der Waals surface area contributed by atoms with Gasteiger partial charge in [0.2, 0.25) is 5.91 Å². The minimum absolute atomic E-state index is 0.0149. The van der Waals surface area contributed by atoms with Crippen LogP contribution in [-0.4, -0.2) is 28.1 Å². The van der Waals surface area contributed by atoms with Gasteiger partial charge in [0.25, 0.3) is 0 Å². The van der Waals surface area contributed by atoms with Gasteiger partial charge in [-0.05, 0) is 18.2 Å². The first-order valence-corrected chi connectivity index (χ1v) is 7.63. The van der Waals surface area contributed by atoms with Crippen LogP contribution < -0.4 is 5.32 Å². The van der Waals surface area contributed by atoms with Gasteiger partial charge in [0.1, 0.15) is 5.82 Å². The molecule has 0 radical (unpaired) electrons. The van der Waals surface area contributed by atoms with Gasteiger partial charge >= 0.3 is 0 Å². The molecule has 1 aromatic rings. The van der Waals surface area contributed by atoms with Gasteiger partial charge in [0.15, 0.2) is 0 Å². The van der Waals surface area contributed by atoms with Crippen LogP contribution >= 0.6 is 11.8 Å². The second kappa shape index (κ2) is 8.06. The lowest BCUT2D eigenvalue weighted by molar-refractivity contribution is -0.113. The molecule has 5 heteroatoms. The Balaban J connectivity index is 2.70. The SMILES string of the molecule is CC(C)(C)SCC(=O)Nc1ccc(F)c(C#CCCO)c1. The number of nitrogens with one attached hydrogen (secondary N) is 1.